The second kappa shape index (κ2) is 5.37. The van der Waals surface area contributed by atoms with Crippen LogP contribution < -0.4 is 0 Å². The molecule has 0 spiro atoms. The van der Waals surface area contributed by atoms with Crippen LogP contribution in [-0.2, 0) is 4.74 Å². The zero-order valence-corrected chi connectivity index (χ0v) is 13.2. The Hall–Kier alpha value is -2.49. The lowest BCUT2D eigenvalue weighted by atomic mass is 10.0. The predicted octanol–water partition coefficient (Wildman–Crippen LogP) is 3.92. The topological polar surface area (TPSA) is 52.1 Å². The van der Waals surface area contributed by atoms with Crippen LogP contribution in [0.15, 0.2) is 30.6 Å². The third-order valence-corrected chi connectivity index (χ3v) is 3.82. The van der Waals surface area contributed by atoms with Crippen molar-refractivity contribution in [2.45, 2.75) is 33.8 Å². The Balaban J connectivity index is 2.29. The smallest absolute Gasteiger partial charge is 0.342 e. The Morgan fingerprint density at radius 2 is 1.95 bits per heavy atom. The molecule has 2 aliphatic heterocycles. The minimum absolute atomic E-state index is 0.179. The second-order valence-corrected chi connectivity index (χ2v) is 5.74. The highest BCUT2D eigenvalue weighted by Gasteiger charge is 2.22. The van der Waals surface area contributed by atoms with E-state index in [-0.39, 0.29) is 12.1 Å². The molecule has 3 rings (SSSR count). The third-order valence-electron chi connectivity index (χ3n) is 3.82. The lowest BCUT2D eigenvalue weighted by molar-refractivity contribution is 0.0378. The molecule has 0 N–H and O–H groups in total. The van der Waals surface area contributed by atoms with Gasteiger partial charge < -0.3 is 4.74 Å². The van der Waals surface area contributed by atoms with Gasteiger partial charge in [0.15, 0.2) is 0 Å². The minimum Gasteiger partial charge on any atom is -0.459 e. The maximum atomic E-state index is 12.3. The van der Waals surface area contributed by atoms with Crippen molar-refractivity contribution in [2.75, 3.05) is 0 Å². The van der Waals surface area contributed by atoms with Gasteiger partial charge in [0.25, 0.3) is 0 Å². The van der Waals surface area contributed by atoms with E-state index in [9.17, 15) is 4.79 Å². The molecule has 0 atom stereocenters. The largest absolute Gasteiger partial charge is 0.459 e. The molecular weight excluding hydrogens is 276 g/mol. The molecule has 0 aliphatic carbocycles. The number of carbonyl (C=O) groups is 1. The van der Waals surface area contributed by atoms with Gasteiger partial charge in [-0.15, -0.1) is 0 Å². The number of ether oxygens (including phenoxy) is 1. The van der Waals surface area contributed by atoms with Crippen molar-refractivity contribution >= 4 is 16.9 Å². The summed E-state index contributed by atoms with van der Waals surface area (Å²) in [7, 11) is 0. The van der Waals surface area contributed by atoms with Crippen molar-refractivity contribution in [1.29, 1.82) is 0 Å². The zero-order chi connectivity index (χ0) is 15.9. The molecule has 0 bridgehead atoms. The van der Waals surface area contributed by atoms with E-state index in [1.54, 1.807) is 6.20 Å². The van der Waals surface area contributed by atoms with Crippen molar-refractivity contribution < 1.29 is 9.53 Å². The first-order valence-corrected chi connectivity index (χ1v) is 7.33. The van der Waals surface area contributed by atoms with Crippen LogP contribution in [0.1, 0.15) is 35.3 Å². The first kappa shape index (κ1) is 14.4. The number of benzene rings is 1. The average Bonchev–Trinajstić information content (AvgIpc) is 2.68. The van der Waals surface area contributed by atoms with Gasteiger partial charge in [-0.3, -0.25) is 4.98 Å². The number of rotatable bonds is 2. The van der Waals surface area contributed by atoms with Crippen molar-refractivity contribution in [1.82, 2.24) is 9.97 Å². The molecule has 0 aromatic heterocycles. The van der Waals surface area contributed by atoms with Gasteiger partial charge in [-0.1, -0.05) is 6.07 Å². The molecule has 0 saturated carbocycles. The fraction of sp³-hybridized carbons (Fsp3) is 0.278. The molecular formula is C18H18N2O2. The monoisotopic (exact) mass is 294 g/mol. The molecule has 2 heterocycles. The fourth-order valence-electron chi connectivity index (χ4n) is 2.62. The van der Waals surface area contributed by atoms with Crippen molar-refractivity contribution in [3.8, 4) is 11.3 Å². The van der Waals surface area contributed by atoms with Gasteiger partial charge in [0.1, 0.15) is 5.56 Å². The van der Waals surface area contributed by atoms with E-state index in [0.717, 1.165) is 16.5 Å². The number of fused-ring (bicyclic) bond motifs is 3. The summed E-state index contributed by atoms with van der Waals surface area (Å²) in [5, 5.41) is 1.08. The first-order valence-electron chi connectivity index (χ1n) is 7.33. The number of nitrogens with zero attached hydrogens (tertiary/aromatic N) is 2. The van der Waals surface area contributed by atoms with E-state index in [1.807, 2.05) is 32.0 Å². The van der Waals surface area contributed by atoms with Crippen LogP contribution in [0.2, 0.25) is 0 Å². The minimum atomic E-state index is -0.388. The summed E-state index contributed by atoms with van der Waals surface area (Å²) in [5.41, 5.74) is 5.25. The lowest BCUT2D eigenvalue weighted by Crippen LogP contribution is -2.12. The molecule has 1 aromatic rings. The van der Waals surface area contributed by atoms with Gasteiger partial charge in [0, 0.05) is 23.3 Å². The summed E-state index contributed by atoms with van der Waals surface area (Å²) in [4.78, 5) is 21.1. The molecule has 4 heteroatoms. The van der Waals surface area contributed by atoms with Crippen LogP contribution in [0.3, 0.4) is 0 Å². The molecule has 4 nitrogen and oxygen atoms in total. The van der Waals surface area contributed by atoms with Crippen molar-refractivity contribution in [2.24, 2.45) is 0 Å². The highest BCUT2D eigenvalue weighted by molar-refractivity contribution is 6.06. The summed E-state index contributed by atoms with van der Waals surface area (Å²) < 4.78 is 5.32. The standard InChI is InChI=1S/C18H18N2O2/c1-10(2)22-18(21)14-9-19-8-7-13-16-12(4)11(3)5-6-15(16)20-17(13)14/h5-10H,1-4H3. The van der Waals surface area contributed by atoms with Gasteiger partial charge in [-0.05, 0) is 51.0 Å². The van der Waals surface area contributed by atoms with Crippen LogP contribution in [-0.4, -0.2) is 22.0 Å². The van der Waals surface area contributed by atoms with E-state index >= 15 is 0 Å². The van der Waals surface area contributed by atoms with Crippen LogP contribution in [0.4, 0.5) is 0 Å². The molecule has 1 aromatic carbocycles. The summed E-state index contributed by atoms with van der Waals surface area (Å²) >= 11 is 0. The van der Waals surface area contributed by atoms with E-state index in [0.29, 0.717) is 11.3 Å². The Morgan fingerprint density at radius 1 is 1.18 bits per heavy atom. The summed E-state index contributed by atoms with van der Waals surface area (Å²) in [5.74, 6) is -0.388. The number of esters is 1. The quantitative estimate of drug-likeness (QED) is 0.672. The highest BCUT2D eigenvalue weighted by atomic mass is 16.5. The van der Waals surface area contributed by atoms with Crippen LogP contribution in [0, 0.1) is 13.8 Å². The van der Waals surface area contributed by atoms with Gasteiger partial charge in [-0.2, -0.15) is 0 Å². The zero-order valence-electron chi connectivity index (χ0n) is 13.2. The van der Waals surface area contributed by atoms with E-state index in [4.69, 9.17) is 4.74 Å². The predicted molar refractivity (Wildman–Crippen MR) is 86.2 cm³/mol. The van der Waals surface area contributed by atoms with Gasteiger partial charge >= 0.3 is 5.97 Å². The highest BCUT2D eigenvalue weighted by Crippen LogP contribution is 2.35. The van der Waals surface area contributed by atoms with E-state index < -0.39 is 0 Å². The Morgan fingerprint density at radius 3 is 2.68 bits per heavy atom. The summed E-state index contributed by atoms with van der Waals surface area (Å²) in [6.07, 6.45) is 3.04. The number of aryl methyl sites for hydroxylation is 2. The molecule has 0 saturated heterocycles. The lowest BCUT2D eigenvalue weighted by Gasteiger charge is -2.08. The fourth-order valence-corrected chi connectivity index (χ4v) is 2.62. The number of carbonyl (C=O) groups excluding carboxylic acids is 1. The average molecular weight is 294 g/mol. The molecule has 2 aliphatic rings. The first-order chi connectivity index (χ1) is 10.5. The molecule has 0 amide bonds. The van der Waals surface area contributed by atoms with E-state index in [2.05, 4.69) is 23.8 Å². The Bertz CT molecular complexity index is 840. The molecule has 0 unspecified atom stereocenters. The molecule has 112 valence electrons. The number of aromatic nitrogens is 2. The summed E-state index contributed by atoms with van der Waals surface area (Å²) in [6, 6.07) is 5.94. The molecule has 0 radical (unpaired) electrons. The Labute approximate surface area is 129 Å². The van der Waals surface area contributed by atoms with Crippen molar-refractivity contribution in [3.63, 3.8) is 0 Å². The van der Waals surface area contributed by atoms with Gasteiger partial charge in [0.2, 0.25) is 0 Å². The van der Waals surface area contributed by atoms with Gasteiger partial charge in [0.05, 0.1) is 17.3 Å². The van der Waals surface area contributed by atoms with Crippen molar-refractivity contribution in [3.05, 3.63) is 47.3 Å². The maximum absolute atomic E-state index is 12.3. The number of hydrogen-bond donors (Lipinski definition) is 0. The SMILES string of the molecule is Cc1ccc2nc3c(C(=O)OC(C)C)cnccc-3c2c1C. The summed E-state index contributed by atoms with van der Waals surface area (Å²) in [6.45, 7) is 7.80. The van der Waals surface area contributed by atoms with E-state index in [1.165, 1.54) is 17.3 Å². The third kappa shape index (κ3) is 2.30. The molecule has 22 heavy (non-hydrogen) atoms. The number of hydrogen-bond acceptors (Lipinski definition) is 4. The Kier molecular flexibility index (Phi) is 3.53. The maximum Gasteiger partial charge on any atom is 0.342 e. The van der Waals surface area contributed by atoms with Crippen LogP contribution in [0.25, 0.3) is 22.2 Å². The molecule has 0 fully saturated rings. The van der Waals surface area contributed by atoms with Gasteiger partial charge in [-0.25, -0.2) is 9.78 Å². The normalized spacial score (nSPS) is 11.3. The second-order valence-electron chi connectivity index (χ2n) is 5.74. The van der Waals surface area contributed by atoms with Crippen LogP contribution in [0.5, 0.6) is 0 Å². The van der Waals surface area contributed by atoms with Crippen LogP contribution >= 0.6 is 0 Å².